The van der Waals surface area contributed by atoms with Gasteiger partial charge in [-0.15, -0.1) is 25.3 Å². The van der Waals surface area contributed by atoms with Gasteiger partial charge >= 0.3 is 22.6 Å². The summed E-state index contributed by atoms with van der Waals surface area (Å²) in [7, 11) is -6.22. The van der Waals surface area contributed by atoms with Crippen molar-refractivity contribution in [1.29, 1.82) is 0 Å². The minimum atomic E-state index is -3.11. The summed E-state index contributed by atoms with van der Waals surface area (Å²) in [5.41, 5.74) is 0. The van der Waals surface area contributed by atoms with Crippen molar-refractivity contribution in [3.05, 3.63) is 0 Å². The second-order valence-corrected chi connectivity index (χ2v) is 1.22. The fourth-order valence-corrected chi connectivity index (χ4v) is 0. The Bertz CT molecular complexity index is 197. The average Bonchev–Trinajstić information content (AvgIpc) is 1.66. The van der Waals surface area contributed by atoms with Crippen molar-refractivity contribution in [1.82, 2.24) is 18.5 Å². The lowest BCUT2D eigenvalue weighted by molar-refractivity contribution is 0.557. The third kappa shape index (κ3) is 2690. The van der Waals surface area contributed by atoms with Crippen LogP contribution in [0, 0.1) is 0 Å². The lowest BCUT2D eigenvalue weighted by Crippen LogP contribution is -1.40. The van der Waals surface area contributed by atoms with Crippen molar-refractivity contribution in [2.75, 3.05) is 0 Å². The lowest BCUT2D eigenvalue weighted by Gasteiger charge is -1.13. The quantitative estimate of drug-likeness (QED) is 0.375. The molecule has 12 N–H and O–H groups in total. The van der Waals surface area contributed by atoms with Gasteiger partial charge in [-0.3, -0.25) is 4.66 Å². The monoisotopic (exact) mass is 282 g/mol. The molecule has 0 aromatic heterocycles. The van der Waals surface area contributed by atoms with Crippen molar-refractivity contribution in [3.8, 4) is 0 Å². The Kier molecular flexibility index (Phi) is 201. The minimum absolute atomic E-state index is 0. The maximum Gasteiger partial charge on any atom is 1.00 e. The molecule has 0 aliphatic rings. The Morgan fingerprint density at radius 3 is 0.714 bits per heavy atom. The molecular weight excluding hydrogens is 270 g/mol. The topological polar surface area (TPSA) is 259 Å². The zero-order valence-electron chi connectivity index (χ0n) is 7.71. The molecule has 14 heavy (non-hydrogen) atoms. The van der Waals surface area contributed by atoms with Crippen LogP contribution in [-0.4, -0.2) is 35.4 Å². The first kappa shape index (κ1) is 50.6. The third-order valence-electron chi connectivity index (χ3n) is 0. The molecule has 0 fully saturated rings. The largest absolute Gasteiger partial charge is 1.00 e. The second-order valence-electron chi connectivity index (χ2n) is 0.408. The van der Waals surface area contributed by atoms with Gasteiger partial charge in [-0.25, -0.2) is 0 Å². The number of hydrogen-bond donors (Lipinski definition) is 4. The SMILES string of the molecule is N.N.N.O.O=S(=O)=O.O=S(=O)=O.OCl.[H+]. The van der Waals surface area contributed by atoms with E-state index in [2.05, 4.69) is 11.9 Å². The Labute approximate surface area is 88.9 Å². The Morgan fingerprint density at radius 2 is 0.714 bits per heavy atom. The van der Waals surface area contributed by atoms with Crippen LogP contribution in [0.4, 0.5) is 0 Å². The van der Waals surface area contributed by atoms with Crippen LogP contribution in [0.1, 0.15) is 1.43 Å². The van der Waals surface area contributed by atoms with E-state index in [0.29, 0.717) is 0 Å². The van der Waals surface area contributed by atoms with E-state index in [-0.39, 0.29) is 25.4 Å². The molecule has 0 aliphatic heterocycles. The molecule has 0 bridgehead atoms. The average molecular weight is 283 g/mol. The molecule has 0 atom stereocenters. The maximum absolute atomic E-state index is 8.44. The standard InChI is InChI=1S/ClHO.3H3N.2O3S.H2O/c1-2;;;;2*1-4(2)3;/h2H;3*1H3;;;1H2/p+1. The summed E-state index contributed by atoms with van der Waals surface area (Å²) in [6.07, 6.45) is 0. The fourth-order valence-electron chi connectivity index (χ4n) is 0. The van der Waals surface area contributed by atoms with Gasteiger partial charge in [0.2, 0.25) is 0 Å². The smallest absolute Gasteiger partial charge is 0.412 e. The molecule has 0 aliphatic carbocycles. The number of hydrogen-bond acceptors (Lipinski definition) is 10. The molecule has 0 saturated carbocycles. The highest BCUT2D eigenvalue weighted by atomic mass is 35.5. The van der Waals surface area contributed by atoms with Crippen LogP contribution in [0.5, 0.6) is 0 Å². The Balaban J connectivity index is -0.00000000726. The molecule has 0 rings (SSSR count). The van der Waals surface area contributed by atoms with Crippen LogP contribution in [-0.2, 0) is 21.2 Å². The van der Waals surface area contributed by atoms with Crippen molar-refractivity contribution in [2.24, 2.45) is 0 Å². The highest BCUT2D eigenvalue weighted by Crippen LogP contribution is 1.31. The third-order valence-corrected chi connectivity index (χ3v) is 0. The van der Waals surface area contributed by atoms with Gasteiger partial charge in [-0.2, -0.15) is 0 Å². The van der Waals surface area contributed by atoms with Crippen LogP contribution >= 0.6 is 11.9 Å². The van der Waals surface area contributed by atoms with Crippen LogP contribution in [0.15, 0.2) is 0 Å². The van der Waals surface area contributed by atoms with E-state index in [1.807, 2.05) is 0 Å². The molecule has 14 heteroatoms. The fraction of sp³-hybridized carbons (Fsp3) is 0. The van der Waals surface area contributed by atoms with E-state index < -0.39 is 21.2 Å². The predicted octanol–water partition coefficient (Wildman–Crippen LogP) is -2.10. The van der Waals surface area contributed by atoms with Gasteiger partial charge in [0.05, 0.1) is 11.9 Å². The number of rotatable bonds is 0. The summed E-state index contributed by atoms with van der Waals surface area (Å²) < 4.78 is 57.1. The molecule has 0 spiro atoms. The summed E-state index contributed by atoms with van der Waals surface area (Å²) in [6.45, 7) is 0. The molecule has 0 amide bonds. The van der Waals surface area contributed by atoms with Gasteiger partial charge < -0.3 is 23.9 Å². The molecule has 0 radical (unpaired) electrons. The first-order chi connectivity index (χ1) is 4.46. The summed E-state index contributed by atoms with van der Waals surface area (Å²) in [5, 5.41) is 0. The van der Waals surface area contributed by atoms with E-state index in [9.17, 15) is 0 Å². The van der Waals surface area contributed by atoms with E-state index in [1.54, 1.807) is 0 Å². The van der Waals surface area contributed by atoms with Gasteiger partial charge in [0.25, 0.3) is 0 Å². The molecular formula is H13ClN3O8S2+. The van der Waals surface area contributed by atoms with E-state index in [0.717, 1.165) is 0 Å². The Hall–Kier alpha value is -0.670. The Morgan fingerprint density at radius 1 is 0.714 bits per heavy atom. The minimum Gasteiger partial charge on any atom is -0.412 e. The predicted molar refractivity (Wildman–Crippen MR) is 47.3 cm³/mol. The molecule has 94 valence electrons. The van der Waals surface area contributed by atoms with Gasteiger partial charge in [-0.05, 0) is 0 Å². The van der Waals surface area contributed by atoms with Gasteiger partial charge in [0.15, 0.2) is 0 Å². The van der Waals surface area contributed by atoms with Gasteiger partial charge in [0, 0.05) is 0 Å². The maximum atomic E-state index is 8.44. The molecule has 0 unspecified atom stereocenters. The molecule has 0 aromatic carbocycles. The molecule has 0 aromatic rings. The lowest BCUT2D eigenvalue weighted by atomic mass is 14.0. The van der Waals surface area contributed by atoms with Crippen molar-refractivity contribution >= 4 is 33.1 Å². The van der Waals surface area contributed by atoms with Crippen LogP contribution < -0.4 is 18.5 Å². The van der Waals surface area contributed by atoms with Gasteiger partial charge in [-0.1, -0.05) is 0 Å². The zero-order chi connectivity index (χ0) is 9.15. The second kappa shape index (κ2) is 55.7. The highest BCUT2D eigenvalue weighted by Gasteiger charge is 1.40. The first-order valence-electron chi connectivity index (χ1n) is 1.17. The van der Waals surface area contributed by atoms with Crippen molar-refractivity contribution in [2.45, 2.75) is 0 Å². The van der Waals surface area contributed by atoms with Crippen LogP contribution in [0.25, 0.3) is 0 Å². The molecule has 11 nitrogen and oxygen atoms in total. The van der Waals surface area contributed by atoms with E-state index >= 15 is 0 Å². The zero-order valence-corrected chi connectivity index (χ0v) is 9.10. The molecule has 0 saturated heterocycles. The highest BCUT2D eigenvalue weighted by molar-refractivity contribution is 7.59. The number of halogens is 1. The first-order valence-corrected chi connectivity index (χ1v) is 3.51. The van der Waals surface area contributed by atoms with E-state index in [4.69, 9.17) is 29.9 Å². The summed E-state index contributed by atoms with van der Waals surface area (Å²) in [4.78, 5) is 0. The van der Waals surface area contributed by atoms with Crippen molar-refractivity contribution in [3.63, 3.8) is 0 Å². The van der Waals surface area contributed by atoms with E-state index in [1.165, 1.54) is 0 Å². The van der Waals surface area contributed by atoms with Crippen LogP contribution in [0.3, 0.4) is 0 Å². The molecule has 0 heterocycles. The normalized spacial score (nSPS) is 3.86. The summed E-state index contributed by atoms with van der Waals surface area (Å²) in [6, 6.07) is 0. The van der Waals surface area contributed by atoms with Crippen molar-refractivity contribution < 1.29 is 36.8 Å². The van der Waals surface area contributed by atoms with Gasteiger partial charge in [0.1, 0.15) is 0 Å². The summed E-state index contributed by atoms with van der Waals surface area (Å²) >= 11 is 3.64. The summed E-state index contributed by atoms with van der Waals surface area (Å²) in [5.74, 6) is 0. The van der Waals surface area contributed by atoms with Crippen LogP contribution in [0.2, 0.25) is 0 Å².